The molecule has 0 spiro atoms. The summed E-state index contributed by atoms with van der Waals surface area (Å²) in [5.41, 5.74) is 4.74. The van der Waals surface area contributed by atoms with Crippen molar-refractivity contribution in [3.63, 3.8) is 0 Å². The highest BCUT2D eigenvalue weighted by molar-refractivity contribution is 7.10. The summed E-state index contributed by atoms with van der Waals surface area (Å²) in [6, 6.07) is 10.7. The summed E-state index contributed by atoms with van der Waals surface area (Å²) in [5.74, 6) is 0.580. The van der Waals surface area contributed by atoms with Crippen molar-refractivity contribution in [1.82, 2.24) is 10.9 Å². The number of ether oxygens (including phenoxy) is 2. The van der Waals surface area contributed by atoms with E-state index in [2.05, 4.69) is 10.9 Å². The van der Waals surface area contributed by atoms with Crippen molar-refractivity contribution in [3.05, 3.63) is 46.7 Å². The van der Waals surface area contributed by atoms with Crippen molar-refractivity contribution in [2.75, 3.05) is 6.61 Å². The van der Waals surface area contributed by atoms with Gasteiger partial charge in [-0.2, -0.15) is 0 Å². The number of hydrogen-bond donors (Lipinski definition) is 2. The molecule has 1 heterocycles. The molecule has 2 rings (SSSR count). The minimum atomic E-state index is -0.745. The molecule has 0 saturated heterocycles. The van der Waals surface area contributed by atoms with Crippen molar-refractivity contribution in [3.8, 4) is 11.5 Å². The van der Waals surface area contributed by atoms with E-state index in [0.717, 1.165) is 10.6 Å². The minimum absolute atomic E-state index is 0.228. The lowest BCUT2D eigenvalue weighted by Crippen LogP contribution is -2.47. The Morgan fingerprint density at radius 1 is 1.12 bits per heavy atom. The van der Waals surface area contributed by atoms with E-state index in [-0.39, 0.29) is 12.3 Å². The average Bonchev–Trinajstić information content (AvgIpc) is 3.07. The third-order valence-electron chi connectivity index (χ3n) is 3.06. The second-order valence-corrected chi connectivity index (χ2v) is 5.99. The van der Waals surface area contributed by atoms with Gasteiger partial charge in [0.25, 0.3) is 5.91 Å². The van der Waals surface area contributed by atoms with Gasteiger partial charge in [-0.15, -0.1) is 11.3 Å². The predicted octanol–water partition coefficient (Wildman–Crippen LogP) is 2.30. The van der Waals surface area contributed by atoms with E-state index in [1.807, 2.05) is 24.4 Å². The molecule has 0 bridgehead atoms. The molecule has 0 unspecified atom stereocenters. The first-order chi connectivity index (χ1) is 11.6. The van der Waals surface area contributed by atoms with Crippen LogP contribution in [0.5, 0.6) is 11.5 Å². The molecule has 0 aliphatic rings. The first kappa shape index (κ1) is 17.8. The molecule has 1 aromatic carbocycles. The van der Waals surface area contributed by atoms with Gasteiger partial charge in [0.2, 0.25) is 5.91 Å². The van der Waals surface area contributed by atoms with Crippen molar-refractivity contribution in [2.45, 2.75) is 26.4 Å². The molecule has 24 heavy (non-hydrogen) atoms. The Bertz CT molecular complexity index is 656. The molecule has 128 valence electrons. The molecule has 0 aliphatic heterocycles. The van der Waals surface area contributed by atoms with E-state index in [9.17, 15) is 9.59 Å². The predicted molar refractivity (Wildman–Crippen MR) is 92.0 cm³/mol. The topological polar surface area (TPSA) is 76.7 Å². The molecule has 2 amide bonds. The normalized spacial score (nSPS) is 11.4. The molecule has 0 radical (unpaired) electrons. The Morgan fingerprint density at radius 3 is 2.46 bits per heavy atom. The Kier molecular flexibility index (Phi) is 6.62. The van der Waals surface area contributed by atoms with Gasteiger partial charge in [0.05, 0.1) is 13.0 Å². The van der Waals surface area contributed by atoms with Crippen molar-refractivity contribution in [1.29, 1.82) is 0 Å². The Balaban J connectivity index is 1.76. The second kappa shape index (κ2) is 8.93. The van der Waals surface area contributed by atoms with Crippen LogP contribution in [0.25, 0.3) is 0 Å². The van der Waals surface area contributed by atoms with Crippen LogP contribution in [-0.2, 0) is 16.0 Å². The average molecular weight is 348 g/mol. The molecule has 0 aliphatic carbocycles. The maximum atomic E-state index is 12.0. The zero-order valence-corrected chi connectivity index (χ0v) is 14.4. The van der Waals surface area contributed by atoms with Gasteiger partial charge in [-0.05, 0) is 49.6 Å². The molecule has 0 saturated carbocycles. The summed E-state index contributed by atoms with van der Waals surface area (Å²) in [4.78, 5) is 24.6. The molecule has 7 heteroatoms. The quantitative estimate of drug-likeness (QED) is 0.753. The van der Waals surface area contributed by atoms with E-state index in [1.54, 1.807) is 31.2 Å². The summed E-state index contributed by atoms with van der Waals surface area (Å²) in [7, 11) is 0. The number of carbonyl (C=O) groups is 2. The maximum Gasteiger partial charge on any atom is 0.279 e. The number of hydrazine groups is 1. The standard InChI is InChI=1S/C17H20N2O4S/c1-3-22-13-6-8-14(9-7-13)23-12(2)17(21)19-18-16(20)11-15-5-4-10-24-15/h4-10,12H,3,11H2,1-2H3,(H,18,20)(H,19,21)/t12-/m1/s1. The summed E-state index contributed by atoms with van der Waals surface area (Å²) < 4.78 is 10.9. The van der Waals surface area contributed by atoms with Crippen LogP contribution < -0.4 is 20.3 Å². The fraction of sp³-hybridized carbons (Fsp3) is 0.294. The van der Waals surface area contributed by atoms with Gasteiger partial charge >= 0.3 is 0 Å². The van der Waals surface area contributed by atoms with Gasteiger partial charge in [0.15, 0.2) is 6.10 Å². The van der Waals surface area contributed by atoms with Crippen molar-refractivity contribution < 1.29 is 19.1 Å². The van der Waals surface area contributed by atoms with E-state index >= 15 is 0 Å². The Morgan fingerprint density at radius 2 is 1.83 bits per heavy atom. The number of carbonyl (C=O) groups excluding carboxylic acids is 2. The number of hydrogen-bond acceptors (Lipinski definition) is 5. The first-order valence-corrected chi connectivity index (χ1v) is 8.47. The maximum absolute atomic E-state index is 12.0. The third kappa shape index (κ3) is 5.58. The summed E-state index contributed by atoms with van der Waals surface area (Å²) in [5, 5.41) is 1.90. The lowest BCUT2D eigenvalue weighted by atomic mass is 10.3. The zero-order chi connectivity index (χ0) is 17.4. The van der Waals surface area contributed by atoms with E-state index < -0.39 is 12.0 Å². The highest BCUT2D eigenvalue weighted by Gasteiger charge is 2.15. The molecule has 1 atom stereocenters. The van der Waals surface area contributed by atoms with Gasteiger partial charge in [-0.1, -0.05) is 6.07 Å². The monoisotopic (exact) mass is 348 g/mol. The third-order valence-corrected chi connectivity index (χ3v) is 3.93. The van der Waals surface area contributed by atoms with E-state index in [4.69, 9.17) is 9.47 Å². The number of thiophene rings is 1. The van der Waals surface area contributed by atoms with Crippen LogP contribution in [0.2, 0.25) is 0 Å². The highest BCUT2D eigenvalue weighted by Crippen LogP contribution is 2.18. The van der Waals surface area contributed by atoms with Gasteiger partial charge in [0, 0.05) is 4.88 Å². The fourth-order valence-electron chi connectivity index (χ4n) is 1.89. The fourth-order valence-corrected chi connectivity index (χ4v) is 2.59. The van der Waals surface area contributed by atoms with Crippen LogP contribution in [0.15, 0.2) is 41.8 Å². The molecule has 2 aromatic rings. The number of amides is 2. The van der Waals surface area contributed by atoms with Gasteiger partial charge in [0.1, 0.15) is 11.5 Å². The van der Waals surface area contributed by atoms with Crippen molar-refractivity contribution >= 4 is 23.2 Å². The molecule has 1 aromatic heterocycles. The lowest BCUT2D eigenvalue weighted by Gasteiger charge is -2.15. The summed E-state index contributed by atoms with van der Waals surface area (Å²) >= 11 is 1.49. The molecular formula is C17H20N2O4S. The molecule has 0 fully saturated rings. The largest absolute Gasteiger partial charge is 0.494 e. The minimum Gasteiger partial charge on any atom is -0.494 e. The van der Waals surface area contributed by atoms with E-state index in [1.165, 1.54) is 11.3 Å². The number of nitrogens with one attached hydrogen (secondary N) is 2. The van der Waals surface area contributed by atoms with Gasteiger partial charge < -0.3 is 9.47 Å². The summed E-state index contributed by atoms with van der Waals surface area (Å²) in [6.07, 6.45) is -0.517. The van der Waals surface area contributed by atoms with Crippen LogP contribution in [0, 0.1) is 0 Å². The molecular weight excluding hydrogens is 328 g/mol. The van der Waals surface area contributed by atoms with Crippen LogP contribution in [0.4, 0.5) is 0 Å². The van der Waals surface area contributed by atoms with Crippen LogP contribution in [0.1, 0.15) is 18.7 Å². The second-order valence-electron chi connectivity index (χ2n) is 4.96. The van der Waals surface area contributed by atoms with Crippen molar-refractivity contribution in [2.24, 2.45) is 0 Å². The highest BCUT2D eigenvalue weighted by atomic mass is 32.1. The SMILES string of the molecule is CCOc1ccc(O[C@H](C)C(=O)NNC(=O)Cc2cccs2)cc1. The van der Waals surface area contributed by atoms with Crippen LogP contribution in [0.3, 0.4) is 0 Å². The van der Waals surface area contributed by atoms with Crippen LogP contribution in [-0.4, -0.2) is 24.5 Å². The Hall–Kier alpha value is -2.54. The first-order valence-electron chi connectivity index (χ1n) is 7.59. The molecule has 2 N–H and O–H groups in total. The van der Waals surface area contributed by atoms with E-state index in [0.29, 0.717) is 12.4 Å². The Labute approximate surface area is 144 Å². The van der Waals surface area contributed by atoms with Gasteiger partial charge in [-0.3, -0.25) is 20.4 Å². The summed E-state index contributed by atoms with van der Waals surface area (Å²) in [6.45, 7) is 4.10. The van der Waals surface area contributed by atoms with Gasteiger partial charge in [-0.25, -0.2) is 0 Å². The molecule has 6 nitrogen and oxygen atoms in total. The lowest BCUT2D eigenvalue weighted by molar-refractivity contribution is -0.132. The van der Waals surface area contributed by atoms with Crippen LogP contribution >= 0.6 is 11.3 Å². The number of rotatable bonds is 7. The number of benzene rings is 1. The smallest absolute Gasteiger partial charge is 0.279 e. The zero-order valence-electron chi connectivity index (χ0n) is 13.6.